The number of aromatic nitrogens is 3. The molecule has 1 saturated heterocycles. The molecule has 178 valence electrons. The molecular formula is C9H14F2N3O14P3. The molecule has 0 aliphatic carbocycles. The minimum Gasteiger partial charge on any atom is -0.387 e. The molecule has 2 rings (SSSR count). The van der Waals surface area contributed by atoms with Gasteiger partial charge < -0.3 is 29.4 Å². The smallest absolute Gasteiger partial charge is 0.387 e. The van der Waals surface area contributed by atoms with Crippen LogP contribution < -0.4 is 11.2 Å². The van der Waals surface area contributed by atoms with Crippen LogP contribution in [0.4, 0.5) is 8.78 Å². The summed E-state index contributed by atoms with van der Waals surface area (Å²) >= 11 is 0. The summed E-state index contributed by atoms with van der Waals surface area (Å²) in [6, 6.07) is 0. The maximum atomic E-state index is 14.9. The molecule has 31 heavy (non-hydrogen) atoms. The highest BCUT2D eigenvalue weighted by atomic mass is 31.3. The van der Waals surface area contributed by atoms with Gasteiger partial charge in [0.2, 0.25) is 0 Å². The molecule has 1 aromatic rings. The van der Waals surface area contributed by atoms with Gasteiger partial charge in [-0.25, -0.2) is 22.9 Å². The molecule has 0 radical (unpaired) electrons. The number of hydrogen-bond acceptors (Lipinski definition) is 11. The Hall–Kier alpha value is -1.20. The molecular weight excluding hydrogens is 505 g/mol. The second-order valence-corrected chi connectivity index (χ2v) is 10.4. The third kappa shape index (κ3) is 6.41. The van der Waals surface area contributed by atoms with Crippen LogP contribution in [0.5, 0.6) is 0 Å². The van der Waals surface area contributed by atoms with Crippen molar-refractivity contribution in [3.63, 3.8) is 0 Å². The lowest BCUT2D eigenvalue weighted by Gasteiger charge is -2.23. The second kappa shape index (κ2) is 8.62. The topological polar surface area (TPSA) is 257 Å². The predicted molar refractivity (Wildman–Crippen MR) is 88.3 cm³/mol. The van der Waals surface area contributed by atoms with Crippen molar-refractivity contribution in [1.29, 1.82) is 0 Å². The van der Waals surface area contributed by atoms with Crippen molar-refractivity contribution in [3.8, 4) is 0 Å². The van der Waals surface area contributed by atoms with Crippen molar-refractivity contribution in [3.05, 3.63) is 26.8 Å². The maximum Gasteiger partial charge on any atom is 0.490 e. The molecule has 1 aliphatic rings. The zero-order valence-corrected chi connectivity index (χ0v) is 17.5. The molecule has 2 heterocycles. The van der Waals surface area contributed by atoms with E-state index in [4.69, 9.17) is 19.4 Å². The first-order valence-corrected chi connectivity index (χ1v) is 12.1. The Morgan fingerprint density at radius 2 is 1.77 bits per heavy atom. The Morgan fingerprint density at radius 3 is 2.32 bits per heavy atom. The second-order valence-electron chi connectivity index (χ2n) is 6.00. The summed E-state index contributed by atoms with van der Waals surface area (Å²) in [5.41, 5.74) is -5.86. The first-order valence-electron chi connectivity index (χ1n) is 7.54. The van der Waals surface area contributed by atoms with Gasteiger partial charge in [0.15, 0.2) is 11.9 Å². The summed E-state index contributed by atoms with van der Waals surface area (Å²) in [5, 5.41) is 12.9. The van der Waals surface area contributed by atoms with Crippen LogP contribution in [0.25, 0.3) is 0 Å². The SMILES string of the molecule is C[C@@]1(F)C(O)[C@@H](COP(=O)(O)OP(=O)(O)OP(=O)(O)O)O[C@H]1n1nc(F)c(=O)[nH]c1=O. The largest absolute Gasteiger partial charge is 0.490 e. The fourth-order valence-corrected chi connectivity index (χ4v) is 5.36. The van der Waals surface area contributed by atoms with Gasteiger partial charge in [0.25, 0.3) is 5.95 Å². The van der Waals surface area contributed by atoms with Gasteiger partial charge in [-0.2, -0.15) is 17.7 Å². The van der Waals surface area contributed by atoms with Crippen molar-refractivity contribution in [2.45, 2.75) is 31.0 Å². The van der Waals surface area contributed by atoms with E-state index in [0.29, 0.717) is 6.92 Å². The fraction of sp³-hybridized carbons (Fsp3) is 0.667. The van der Waals surface area contributed by atoms with Gasteiger partial charge in [-0.1, -0.05) is 0 Å². The Bertz CT molecular complexity index is 1100. The summed E-state index contributed by atoms with van der Waals surface area (Å²) in [6.45, 7) is -0.592. The van der Waals surface area contributed by atoms with E-state index < -0.39 is 71.4 Å². The molecule has 6 atom stereocenters. The number of nitrogens with zero attached hydrogens (tertiary/aromatic N) is 2. The zero-order valence-electron chi connectivity index (χ0n) is 14.8. The zero-order chi connectivity index (χ0) is 24.0. The number of aliphatic hydroxyl groups excluding tert-OH is 1. The minimum absolute atomic E-state index is 0.00475. The molecule has 1 fully saturated rings. The normalized spacial score (nSPS) is 30.6. The van der Waals surface area contributed by atoms with Gasteiger partial charge in [0.1, 0.15) is 12.2 Å². The number of rotatable bonds is 8. The fourth-order valence-electron chi connectivity index (χ4n) is 2.33. The van der Waals surface area contributed by atoms with E-state index in [1.807, 2.05) is 0 Å². The number of H-pyrrole nitrogens is 1. The van der Waals surface area contributed by atoms with Crippen LogP contribution >= 0.6 is 23.5 Å². The third-order valence-electron chi connectivity index (χ3n) is 3.57. The number of phosphoric ester groups is 1. The highest BCUT2D eigenvalue weighted by Gasteiger charge is 2.56. The van der Waals surface area contributed by atoms with E-state index in [1.54, 1.807) is 0 Å². The standard InChI is InChI=1S/C9H14F2N3O14P3/c1-9(11)4(15)3(26-7(9)14-8(17)12-6(16)5(10)13-14)2-25-30(21,22)28-31(23,24)27-29(18,19)20/h3-4,7,15H,2H2,1H3,(H,21,22)(H,23,24)(H,12,16,17)(H2,18,19,20)/t3-,4?,7-,9-/m1/s1. The Kier molecular flexibility index (Phi) is 7.25. The lowest BCUT2D eigenvalue weighted by molar-refractivity contribution is -0.0692. The average Bonchev–Trinajstić information content (AvgIpc) is 2.76. The van der Waals surface area contributed by atoms with Gasteiger partial charge in [0.05, 0.1) is 6.61 Å². The molecule has 6 N–H and O–H groups in total. The van der Waals surface area contributed by atoms with Gasteiger partial charge >= 0.3 is 34.7 Å². The molecule has 1 aliphatic heterocycles. The molecule has 0 amide bonds. The third-order valence-corrected chi connectivity index (χ3v) is 7.37. The summed E-state index contributed by atoms with van der Waals surface area (Å²) in [7, 11) is -17.1. The highest BCUT2D eigenvalue weighted by molar-refractivity contribution is 7.66. The van der Waals surface area contributed by atoms with Crippen LogP contribution in [0.2, 0.25) is 0 Å². The van der Waals surface area contributed by atoms with Gasteiger partial charge in [-0.05, 0) is 6.92 Å². The number of halogens is 2. The first kappa shape index (κ1) is 26.1. The molecule has 1 aromatic heterocycles. The van der Waals surface area contributed by atoms with Crippen LogP contribution in [0, 0.1) is 5.95 Å². The molecule has 3 unspecified atom stereocenters. The van der Waals surface area contributed by atoms with Crippen LogP contribution in [0.1, 0.15) is 13.2 Å². The highest BCUT2D eigenvalue weighted by Crippen LogP contribution is 2.66. The molecule has 0 aromatic carbocycles. The predicted octanol–water partition coefficient (Wildman–Crippen LogP) is -1.60. The van der Waals surface area contributed by atoms with E-state index >= 15 is 0 Å². The average molecular weight is 519 g/mol. The lowest BCUT2D eigenvalue weighted by Crippen LogP contribution is -2.45. The number of aliphatic hydroxyl groups is 1. The van der Waals surface area contributed by atoms with Crippen molar-refractivity contribution in [1.82, 2.24) is 14.8 Å². The molecule has 0 saturated carbocycles. The number of alkyl halides is 1. The summed E-state index contributed by atoms with van der Waals surface area (Å²) in [5.74, 6) is -1.75. The molecule has 22 heteroatoms. The van der Waals surface area contributed by atoms with Gasteiger partial charge in [-0.15, -0.1) is 5.10 Å². The number of phosphoric acid groups is 3. The first-order chi connectivity index (χ1) is 13.8. The van der Waals surface area contributed by atoms with Crippen LogP contribution in [0.3, 0.4) is 0 Å². The van der Waals surface area contributed by atoms with Gasteiger partial charge in [-0.3, -0.25) is 14.3 Å². The minimum atomic E-state index is -5.82. The Balaban J connectivity index is 2.17. The van der Waals surface area contributed by atoms with Gasteiger partial charge in [0, 0.05) is 0 Å². The lowest BCUT2D eigenvalue weighted by atomic mass is 9.99. The summed E-state index contributed by atoms with van der Waals surface area (Å²) in [6.07, 6.45) is -6.29. The summed E-state index contributed by atoms with van der Waals surface area (Å²) < 4.78 is 77.8. The number of nitrogens with one attached hydrogen (secondary N) is 1. The van der Waals surface area contributed by atoms with Crippen LogP contribution in [-0.2, 0) is 31.6 Å². The number of ether oxygens (including phenoxy) is 1. The Morgan fingerprint density at radius 1 is 1.19 bits per heavy atom. The van der Waals surface area contributed by atoms with E-state index in [2.05, 4.69) is 18.2 Å². The van der Waals surface area contributed by atoms with E-state index in [1.165, 1.54) is 4.98 Å². The van der Waals surface area contributed by atoms with Crippen molar-refractivity contribution >= 4 is 23.5 Å². The van der Waals surface area contributed by atoms with E-state index in [0.717, 1.165) is 0 Å². The molecule has 17 nitrogen and oxygen atoms in total. The van der Waals surface area contributed by atoms with Crippen molar-refractivity contribution < 1.29 is 65.0 Å². The molecule has 0 spiro atoms. The summed E-state index contributed by atoms with van der Waals surface area (Å²) in [4.78, 5) is 59.5. The number of aromatic amines is 1. The van der Waals surface area contributed by atoms with E-state index in [-0.39, 0.29) is 4.68 Å². The van der Waals surface area contributed by atoms with Crippen molar-refractivity contribution in [2.24, 2.45) is 0 Å². The van der Waals surface area contributed by atoms with E-state index in [9.17, 15) is 42.1 Å². The monoisotopic (exact) mass is 519 g/mol. The Labute approximate surface area is 168 Å². The van der Waals surface area contributed by atoms with Crippen molar-refractivity contribution in [2.75, 3.05) is 6.61 Å². The quantitative estimate of drug-likeness (QED) is 0.211. The molecule has 0 bridgehead atoms. The number of hydrogen-bond donors (Lipinski definition) is 6. The van der Waals surface area contributed by atoms with Crippen LogP contribution in [0.15, 0.2) is 9.59 Å². The maximum absolute atomic E-state index is 14.9. The van der Waals surface area contributed by atoms with Crippen LogP contribution in [-0.4, -0.2) is 63.9 Å².